The summed E-state index contributed by atoms with van der Waals surface area (Å²) in [5.41, 5.74) is 0. The summed E-state index contributed by atoms with van der Waals surface area (Å²) in [5, 5.41) is 0. The summed E-state index contributed by atoms with van der Waals surface area (Å²) < 4.78 is 5.73. The molecule has 1 nitrogen and oxygen atoms in total. The van der Waals surface area contributed by atoms with Crippen LogP contribution in [0, 0.1) is 23.7 Å². The summed E-state index contributed by atoms with van der Waals surface area (Å²) in [4.78, 5) is 0. The van der Waals surface area contributed by atoms with Gasteiger partial charge in [-0.3, -0.25) is 0 Å². The number of rotatable bonds is 8. The third kappa shape index (κ3) is 7.25. The van der Waals surface area contributed by atoms with E-state index >= 15 is 0 Å². The van der Waals surface area contributed by atoms with Crippen LogP contribution in [0.15, 0.2) is 24.3 Å². The fourth-order valence-electron chi connectivity index (χ4n) is 4.28. The van der Waals surface area contributed by atoms with E-state index in [1.165, 1.54) is 64.2 Å². The molecule has 0 amide bonds. The van der Waals surface area contributed by atoms with E-state index in [9.17, 15) is 0 Å². The van der Waals surface area contributed by atoms with Gasteiger partial charge in [0.05, 0.1) is 13.2 Å². The van der Waals surface area contributed by atoms with Crippen LogP contribution in [0.4, 0.5) is 0 Å². The molecule has 0 N–H and O–H groups in total. The van der Waals surface area contributed by atoms with Gasteiger partial charge in [-0.2, -0.15) is 0 Å². The van der Waals surface area contributed by atoms with Crippen LogP contribution in [-0.2, 0) is 4.74 Å². The molecule has 0 radical (unpaired) electrons. The van der Waals surface area contributed by atoms with Gasteiger partial charge < -0.3 is 4.74 Å². The summed E-state index contributed by atoms with van der Waals surface area (Å²) >= 11 is 0. The fourth-order valence-corrected chi connectivity index (χ4v) is 4.28. The van der Waals surface area contributed by atoms with Crippen molar-refractivity contribution in [1.29, 1.82) is 0 Å². The standard InChI is InChI=1S/C22H38O/c1-3-19-9-13-21(14-10-19)7-5-17-23-18-6-8-22-15-11-20(4-2)12-16-22/h5-8,19-22H,3-4,9-18H2,1-2H3. The van der Waals surface area contributed by atoms with Gasteiger partial charge in [-0.25, -0.2) is 0 Å². The van der Waals surface area contributed by atoms with Gasteiger partial charge in [0.1, 0.15) is 0 Å². The number of ether oxygens (including phenoxy) is 1. The highest BCUT2D eigenvalue weighted by atomic mass is 16.5. The molecule has 0 saturated heterocycles. The Morgan fingerprint density at radius 3 is 1.39 bits per heavy atom. The average Bonchev–Trinajstić information content (AvgIpc) is 2.62. The molecule has 2 fully saturated rings. The second-order valence-electron chi connectivity index (χ2n) is 7.77. The quantitative estimate of drug-likeness (QED) is 0.364. The molecule has 2 aliphatic carbocycles. The van der Waals surface area contributed by atoms with Crippen molar-refractivity contribution in [2.24, 2.45) is 23.7 Å². The van der Waals surface area contributed by atoms with E-state index in [0.29, 0.717) is 0 Å². The molecule has 0 bridgehead atoms. The van der Waals surface area contributed by atoms with Gasteiger partial charge in [0.2, 0.25) is 0 Å². The predicted octanol–water partition coefficient (Wildman–Crippen LogP) is 6.55. The molecule has 2 saturated carbocycles. The van der Waals surface area contributed by atoms with Crippen molar-refractivity contribution in [2.75, 3.05) is 13.2 Å². The first-order valence-corrected chi connectivity index (χ1v) is 10.2. The Morgan fingerprint density at radius 1 is 0.652 bits per heavy atom. The first-order valence-electron chi connectivity index (χ1n) is 10.2. The third-order valence-electron chi connectivity index (χ3n) is 6.18. The minimum atomic E-state index is 0.778. The lowest BCUT2D eigenvalue weighted by atomic mass is 9.81. The predicted molar refractivity (Wildman–Crippen MR) is 101 cm³/mol. The molecule has 23 heavy (non-hydrogen) atoms. The normalized spacial score (nSPS) is 32.8. The van der Waals surface area contributed by atoms with Crippen LogP contribution in [0.1, 0.15) is 78.1 Å². The summed E-state index contributed by atoms with van der Waals surface area (Å²) in [6, 6.07) is 0. The molecule has 2 aliphatic rings. The molecule has 0 unspecified atom stereocenters. The summed E-state index contributed by atoms with van der Waals surface area (Å²) in [7, 11) is 0. The van der Waals surface area contributed by atoms with Crippen LogP contribution in [0.5, 0.6) is 0 Å². The molecular formula is C22H38O. The third-order valence-corrected chi connectivity index (χ3v) is 6.18. The van der Waals surface area contributed by atoms with E-state index in [1.807, 2.05) is 0 Å². The average molecular weight is 319 g/mol. The van der Waals surface area contributed by atoms with Crippen LogP contribution < -0.4 is 0 Å². The number of hydrogen-bond acceptors (Lipinski definition) is 1. The Morgan fingerprint density at radius 2 is 1.04 bits per heavy atom. The molecule has 132 valence electrons. The lowest BCUT2D eigenvalue weighted by Crippen LogP contribution is -2.12. The molecule has 0 atom stereocenters. The minimum Gasteiger partial charge on any atom is -0.373 e. The molecule has 0 aromatic rings. The zero-order valence-electron chi connectivity index (χ0n) is 15.5. The van der Waals surface area contributed by atoms with E-state index in [-0.39, 0.29) is 0 Å². The van der Waals surface area contributed by atoms with Crippen LogP contribution >= 0.6 is 0 Å². The van der Waals surface area contributed by atoms with E-state index in [1.54, 1.807) is 0 Å². The number of allylic oxidation sites excluding steroid dienone is 2. The molecular weight excluding hydrogens is 280 g/mol. The first kappa shape index (κ1) is 18.8. The van der Waals surface area contributed by atoms with Crippen molar-refractivity contribution in [3.05, 3.63) is 24.3 Å². The van der Waals surface area contributed by atoms with Gasteiger partial charge in [0, 0.05) is 0 Å². The maximum atomic E-state index is 5.73. The molecule has 0 aromatic heterocycles. The maximum Gasteiger partial charge on any atom is 0.0651 e. The molecule has 0 spiro atoms. The van der Waals surface area contributed by atoms with E-state index in [2.05, 4.69) is 38.2 Å². The minimum absolute atomic E-state index is 0.778. The van der Waals surface area contributed by atoms with Gasteiger partial charge in [-0.15, -0.1) is 0 Å². The monoisotopic (exact) mass is 318 g/mol. The second-order valence-corrected chi connectivity index (χ2v) is 7.77. The largest absolute Gasteiger partial charge is 0.373 e. The van der Waals surface area contributed by atoms with Crippen molar-refractivity contribution in [3.63, 3.8) is 0 Å². The fraction of sp³-hybridized carbons (Fsp3) is 0.818. The van der Waals surface area contributed by atoms with E-state index < -0.39 is 0 Å². The Kier molecular flexibility index (Phi) is 9.04. The zero-order valence-corrected chi connectivity index (χ0v) is 15.5. The highest BCUT2D eigenvalue weighted by Gasteiger charge is 2.18. The van der Waals surface area contributed by atoms with E-state index in [4.69, 9.17) is 4.74 Å². The van der Waals surface area contributed by atoms with Crippen LogP contribution in [0.2, 0.25) is 0 Å². The van der Waals surface area contributed by atoms with Crippen molar-refractivity contribution >= 4 is 0 Å². The Labute approximate surface area is 144 Å². The van der Waals surface area contributed by atoms with Crippen LogP contribution in [0.3, 0.4) is 0 Å². The van der Waals surface area contributed by atoms with Crippen LogP contribution in [0.25, 0.3) is 0 Å². The van der Waals surface area contributed by atoms with Crippen LogP contribution in [-0.4, -0.2) is 13.2 Å². The van der Waals surface area contributed by atoms with E-state index in [0.717, 1.165) is 36.9 Å². The van der Waals surface area contributed by atoms with Crippen molar-refractivity contribution in [1.82, 2.24) is 0 Å². The lowest BCUT2D eigenvalue weighted by molar-refractivity contribution is 0.192. The Hall–Kier alpha value is -0.560. The lowest BCUT2D eigenvalue weighted by Gasteiger charge is -2.25. The highest BCUT2D eigenvalue weighted by Crippen LogP contribution is 2.32. The van der Waals surface area contributed by atoms with Gasteiger partial charge in [0.15, 0.2) is 0 Å². The second kappa shape index (κ2) is 11.1. The van der Waals surface area contributed by atoms with Crippen molar-refractivity contribution < 1.29 is 4.74 Å². The Balaban J connectivity index is 1.49. The molecule has 0 aromatic carbocycles. The first-order chi connectivity index (χ1) is 11.3. The number of hydrogen-bond donors (Lipinski definition) is 0. The van der Waals surface area contributed by atoms with Gasteiger partial charge in [0.25, 0.3) is 0 Å². The summed E-state index contributed by atoms with van der Waals surface area (Å²) in [5.74, 6) is 3.61. The smallest absolute Gasteiger partial charge is 0.0651 e. The van der Waals surface area contributed by atoms with Gasteiger partial charge in [-0.05, 0) is 75.0 Å². The maximum absolute atomic E-state index is 5.73. The molecule has 1 heteroatoms. The molecule has 0 aliphatic heterocycles. The highest BCUT2D eigenvalue weighted by molar-refractivity contribution is 4.93. The summed E-state index contributed by atoms with van der Waals surface area (Å²) in [6.45, 7) is 6.22. The Bertz CT molecular complexity index is 307. The molecule has 0 heterocycles. The zero-order chi connectivity index (χ0) is 16.3. The topological polar surface area (TPSA) is 9.23 Å². The van der Waals surface area contributed by atoms with Gasteiger partial charge in [-0.1, -0.05) is 51.0 Å². The SMILES string of the molecule is CCC1CCC(C=CCOCC=CC2CCC(CC)CC2)CC1. The molecule has 2 rings (SSSR count). The van der Waals surface area contributed by atoms with Crippen molar-refractivity contribution in [2.45, 2.75) is 78.1 Å². The van der Waals surface area contributed by atoms with Gasteiger partial charge >= 0.3 is 0 Å². The summed E-state index contributed by atoms with van der Waals surface area (Å²) in [6.07, 6.45) is 23.3. The van der Waals surface area contributed by atoms with Crippen molar-refractivity contribution in [3.8, 4) is 0 Å².